The van der Waals surface area contributed by atoms with Crippen molar-refractivity contribution in [2.75, 3.05) is 5.32 Å². The van der Waals surface area contributed by atoms with E-state index < -0.39 is 29.0 Å². The summed E-state index contributed by atoms with van der Waals surface area (Å²) in [6.45, 7) is 0. The molecule has 2 rings (SSSR count). The Morgan fingerprint density at radius 1 is 1.26 bits per heavy atom. The zero-order valence-corrected chi connectivity index (χ0v) is 9.25. The molecule has 0 atom stereocenters. The van der Waals surface area contributed by atoms with Gasteiger partial charge in [0.2, 0.25) is 0 Å². The lowest BCUT2D eigenvalue weighted by molar-refractivity contribution is -0.138. The van der Waals surface area contributed by atoms with Crippen LogP contribution in [0.15, 0.2) is 30.5 Å². The van der Waals surface area contributed by atoms with E-state index in [0.717, 1.165) is 12.1 Å². The maximum atomic E-state index is 12.9. The Morgan fingerprint density at radius 3 is 2.58 bits per heavy atom. The summed E-state index contributed by atoms with van der Waals surface area (Å²) in [7, 11) is 0. The fourth-order valence-corrected chi connectivity index (χ4v) is 1.46. The molecule has 0 aliphatic heterocycles. The summed E-state index contributed by atoms with van der Waals surface area (Å²) < 4.78 is 51.0. The molecule has 2 aromatic rings. The van der Waals surface area contributed by atoms with Gasteiger partial charge in [-0.25, -0.2) is 4.39 Å². The zero-order chi connectivity index (χ0) is 14.0. The maximum absolute atomic E-state index is 12.9. The maximum Gasteiger partial charge on any atom is 0.417 e. The summed E-state index contributed by atoms with van der Waals surface area (Å²) >= 11 is 0. The summed E-state index contributed by atoms with van der Waals surface area (Å²) in [6.07, 6.45) is -3.49. The summed E-state index contributed by atoms with van der Waals surface area (Å²) in [6, 6.07) is 3.22. The van der Waals surface area contributed by atoms with Crippen molar-refractivity contribution in [3.05, 3.63) is 47.4 Å². The molecular weight excluding hydrogens is 266 g/mol. The molecule has 1 amide bonds. The second-order valence-corrected chi connectivity index (χ2v) is 3.61. The third kappa shape index (κ3) is 2.90. The number of alkyl halides is 3. The highest BCUT2D eigenvalue weighted by Gasteiger charge is 2.35. The first-order chi connectivity index (χ1) is 8.88. The number of halogens is 4. The number of H-pyrrole nitrogens is 1. The molecule has 0 saturated carbocycles. The third-order valence-electron chi connectivity index (χ3n) is 2.28. The standard InChI is InChI=1S/C11H7F4N3O/c12-6-1-2-7(8(5-6)11(13,14)15)10(19)17-9-3-4-16-18-9/h1-5H,(H2,16,17,18,19). The van der Waals surface area contributed by atoms with E-state index in [0.29, 0.717) is 0 Å². The Bertz CT molecular complexity index is 592. The number of carbonyl (C=O) groups is 1. The van der Waals surface area contributed by atoms with Crippen LogP contribution in [0.3, 0.4) is 0 Å². The van der Waals surface area contributed by atoms with E-state index in [9.17, 15) is 22.4 Å². The summed E-state index contributed by atoms with van der Waals surface area (Å²) in [4.78, 5) is 11.7. The predicted octanol–water partition coefficient (Wildman–Crippen LogP) is 2.82. The second-order valence-electron chi connectivity index (χ2n) is 3.61. The number of rotatable bonds is 2. The second kappa shape index (κ2) is 4.71. The fraction of sp³-hybridized carbons (Fsp3) is 0.0909. The molecule has 0 saturated heterocycles. The van der Waals surface area contributed by atoms with Crippen molar-refractivity contribution < 1.29 is 22.4 Å². The third-order valence-corrected chi connectivity index (χ3v) is 2.28. The van der Waals surface area contributed by atoms with Crippen LogP contribution < -0.4 is 5.32 Å². The van der Waals surface area contributed by atoms with Crippen LogP contribution >= 0.6 is 0 Å². The van der Waals surface area contributed by atoms with Gasteiger partial charge in [0.05, 0.1) is 17.3 Å². The van der Waals surface area contributed by atoms with Crippen molar-refractivity contribution in [1.82, 2.24) is 10.2 Å². The quantitative estimate of drug-likeness (QED) is 0.826. The van der Waals surface area contributed by atoms with Crippen molar-refractivity contribution in [3.63, 3.8) is 0 Å². The molecule has 19 heavy (non-hydrogen) atoms. The molecule has 0 spiro atoms. The molecule has 0 aliphatic rings. The number of anilines is 1. The van der Waals surface area contributed by atoms with Gasteiger partial charge >= 0.3 is 6.18 Å². The van der Waals surface area contributed by atoms with Gasteiger partial charge in [-0.2, -0.15) is 18.3 Å². The molecular formula is C11H7F4N3O. The highest BCUT2D eigenvalue weighted by atomic mass is 19.4. The lowest BCUT2D eigenvalue weighted by atomic mass is 10.1. The average molecular weight is 273 g/mol. The molecule has 0 radical (unpaired) electrons. The number of aromatic nitrogens is 2. The van der Waals surface area contributed by atoms with Crippen molar-refractivity contribution in [1.29, 1.82) is 0 Å². The van der Waals surface area contributed by atoms with Gasteiger partial charge in [0.15, 0.2) is 0 Å². The molecule has 8 heteroatoms. The molecule has 0 unspecified atom stereocenters. The van der Waals surface area contributed by atoms with Crippen molar-refractivity contribution in [2.24, 2.45) is 0 Å². The number of carbonyl (C=O) groups excluding carboxylic acids is 1. The summed E-state index contributed by atoms with van der Waals surface area (Å²) in [5.74, 6) is -1.93. The molecule has 4 nitrogen and oxygen atoms in total. The SMILES string of the molecule is O=C(Nc1ccn[nH]1)c1ccc(F)cc1C(F)(F)F. The van der Waals surface area contributed by atoms with Crippen LogP contribution in [0.5, 0.6) is 0 Å². The minimum absolute atomic E-state index is 0.141. The van der Waals surface area contributed by atoms with Crippen LogP contribution in [0.4, 0.5) is 23.4 Å². The van der Waals surface area contributed by atoms with Gasteiger partial charge in [-0.3, -0.25) is 9.89 Å². The Balaban J connectivity index is 2.36. The van der Waals surface area contributed by atoms with Gasteiger partial charge in [0.25, 0.3) is 5.91 Å². The first-order valence-electron chi connectivity index (χ1n) is 5.05. The van der Waals surface area contributed by atoms with Crippen LogP contribution in [0.2, 0.25) is 0 Å². The first-order valence-corrected chi connectivity index (χ1v) is 5.05. The molecule has 0 fully saturated rings. The van der Waals surface area contributed by atoms with E-state index >= 15 is 0 Å². The normalized spacial score (nSPS) is 11.4. The number of nitrogens with one attached hydrogen (secondary N) is 2. The topological polar surface area (TPSA) is 57.8 Å². The zero-order valence-electron chi connectivity index (χ0n) is 9.25. The Kier molecular flexibility index (Phi) is 3.24. The molecule has 1 aromatic carbocycles. The number of nitrogens with zero attached hydrogens (tertiary/aromatic N) is 1. The Morgan fingerprint density at radius 2 is 2.00 bits per heavy atom. The fourth-order valence-electron chi connectivity index (χ4n) is 1.46. The van der Waals surface area contributed by atoms with E-state index in [1.807, 2.05) is 0 Å². The molecule has 100 valence electrons. The van der Waals surface area contributed by atoms with Crippen LogP contribution in [0.25, 0.3) is 0 Å². The van der Waals surface area contributed by atoms with Gasteiger partial charge in [-0.05, 0) is 18.2 Å². The largest absolute Gasteiger partial charge is 0.417 e. The molecule has 2 N–H and O–H groups in total. The predicted molar refractivity (Wildman–Crippen MR) is 57.9 cm³/mol. The lowest BCUT2D eigenvalue weighted by Gasteiger charge is -2.12. The molecule has 0 aliphatic carbocycles. The first kappa shape index (κ1) is 13.1. The minimum atomic E-state index is -4.82. The van der Waals surface area contributed by atoms with E-state index in [2.05, 4.69) is 15.5 Å². The number of benzene rings is 1. The summed E-state index contributed by atoms with van der Waals surface area (Å²) in [5.41, 5.74) is -1.99. The van der Waals surface area contributed by atoms with Gasteiger partial charge in [-0.15, -0.1) is 0 Å². The Hall–Kier alpha value is -2.38. The highest BCUT2D eigenvalue weighted by molar-refractivity contribution is 6.04. The number of hydrogen-bond acceptors (Lipinski definition) is 2. The monoisotopic (exact) mass is 273 g/mol. The van der Waals surface area contributed by atoms with Crippen LogP contribution in [0.1, 0.15) is 15.9 Å². The average Bonchev–Trinajstić information content (AvgIpc) is 2.80. The number of aromatic amines is 1. The van der Waals surface area contributed by atoms with Crippen molar-refractivity contribution in [2.45, 2.75) is 6.18 Å². The van der Waals surface area contributed by atoms with Gasteiger partial charge in [0, 0.05) is 6.07 Å². The van der Waals surface area contributed by atoms with Crippen LogP contribution in [-0.2, 0) is 6.18 Å². The molecule has 0 bridgehead atoms. The van der Waals surface area contributed by atoms with Crippen molar-refractivity contribution >= 4 is 11.7 Å². The summed E-state index contributed by atoms with van der Waals surface area (Å²) in [5, 5.41) is 8.09. The van der Waals surface area contributed by atoms with E-state index in [-0.39, 0.29) is 11.9 Å². The van der Waals surface area contributed by atoms with Crippen LogP contribution in [0, 0.1) is 5.82 Å². The van der Waals surface area contributed by atoms with Gasteiger partial charge in [0.1, 0.15) is 11.6 Å². The van der Waals surface area contributed by atoms with E-state index in [1.165, 1.54) is 12.3 Å². The minimum Gasteiger partial charge on any atom is -0.307 e. The number of amides is 1. The van der Waals surface area contributed by atoms with Crippen molar-refractivity contribution in [3.8, 4) is 0 Å². The molecule has 1 aromatic heterocycles. The van der Waals surface area contributed by atoms with Gasteiger partial charge < -0.3 is 5.32 Å². The van der Waals surface area contributed by atoms with E-state index in [4.69, 9.17) is 0 Å². The highest BCUT2D eigenvalue weighted by Crippen LogP contribution is 2.32. The molecule has 1 heterocycles. The Labute approximate surface area is 104 Å². The van der Waals surface area contributed by atoms with Crippen LogP contribution in [-0.4, -0.2) is 16.1 Å². The number of hydrogen-bond donors (Lipinski definition) is 2. The van der Waals surface area contributed by atoms with Gasteiger partial charge in [-0.1, -0.05) is 0 Å². The lowest BCUT2D eigenvalue weighted by Crippen LogP contribution is -2.19. The smallest absolute Gasteiger partial charge is 0.307 e. The van der Waals surface area contributed by atoms with E-state index in [1.54, 1.807) is 0 Å².